The van der Waals surface area contributed by atoms with Crippen LogP contribution in [0.4, 0.5) is 5.69 Å². The maximum absolute atomic E-state index is 11.1. The number of aryl methyl sites for hydroxylation is 1. The number of hydrogen-bond donors (Lipinski definition) is 1. The van der Waals surface area contributed by atoms with Crippen LogP contribution >= 0.6 is 0 Å². The first-order valence-electron chi connectivity index (χ1n) is 9.07. The maximum atomic E-state index is 11.1. The zero-order chi connectivity index (χ0) is 18.8. The monoisotopic (exact) mass is 357 g/mol. The summed E-state index contributed by atoms with van der Waals surface area (Å²) in [6, 6.07) is 17.3. The Morgan fingerprint density at radius 3 is 2.74 bits per heavy atom. The molecule has 1 atom stereocenters. The van der Waals surface area contributed by atoms with Crippen molar-refractivity contribution in [2.24, 2.45) is 0 Å². The lowest BCUT2D eigenvalue weighted by Gasteiger charge is -2.25. The van der Waals surface area contributed by atoms with Crippen molar-refractivity contribution in [3.05, 3.63) is 77.1 Å². The van der Waals surface area contributed by atoms with Gasteiger partial charge >= 0.3 is 5.97 Å². The summed E-state index contributed by atoms with van der Waals surface area (Å²) >= 11 is 0. The number of carboxylic acids is 1. The molecule has 4 nitrogen and oxygen atoms in total. The fraction of sp³-hybridized carbons (Fsp3) is 0.217. The van der Waals surface area contributed by atoms with E-state index in [0.29, 0.717) is 5.69 Å². The molecule has 1 aliphatic carbocycles. The molecule has 0 aliphatic heterocycles. The molecule has 1 unspecified atom stereocenters. The first-order valence-corrected chi connectivity index (χ1v) is 9.07. The zero-order valence-electron chi connectivity index (χ0n) is 14.8. The Morgan fingerprint density at radius 2 is 1.96 bits per heavy atom. The summed E-state index contributed by atoms with van der Waals surface area (Å²) in [5.74, 6) is 0.792. The summed E-state index contributed by atoms with van der Waals surface area (Å²) < 4.78 is 6.15. The van der Waals surface area contributed by atoms with E-state index in [4.69, 9.17) is 16.4 Å². The van der Waals surface area contributed by atoms with E-state index >= 15 is 0 Å². The van der Waals surface area contributed by atoms with Crippen molar-refractivity contribution in [2.45, 2.75) is 31.6 Å². The van der Waals surface area contributed by atoms with Crippen molar-refractivity contribution in [1.29, 1.82) is 0 Å². The fourth-order valence-corrected chi connectivity index (χ4v) is 3.95. The van der Waals surface area contributed by atoms with Crippen LogP contribution in [0.5, 0.6) is 11.5 Å². The number of benzene rings is 3. The molecule has 0 saturated carbocycles. The van der Waals surface area contributed by atoms with Crippen LogP contribution in [-0.4, -0.2) is 11.1 Å². The van der Waals surface area contributed by atoms with E-state index in [2.05, 4.69) is 4.85 Å². The van der Waals surface area contributed by atoms with Crippen LogP contribution in [0.15, 0.2) is 54.6 Å². The molecule has 1 N–H and O–H groups in total. The number of carbonyl (C=O) groups is 1. The lowest BCUT2D eigenvalue weighted by Crippen LogP contribution is -2.13. The van der Waals surface area contributed by atoms with Crippen LogP contribution in [0.2, 0.25) is 0 Å². The number of nitrogens with zero attached hydrogens (tertiary/aromatic N) is 1. The molecular formula is C23H19NO3. The van der Waals surface area contributed by atoms with Gasteiger partial charge in [-0.2, -0.15) is 0 Å². The van der Waals surface area contributed by atoms with Gasteiger partial charge in [-0.15, -0.1) is 0 Å². The molecule has 134 valence electrons. The van der Waals surface area contributed by atoms with Gasteiger partial charge in [-0.25, -0.2) is 4.85 Å². The number of hydrogen-bond acceptors (Lipinski definition) is 2. The van der Waals surface area contributed by atoms with Gasteiger partial charge < -0.3 is 9.84 Å². The number of aliphatic carboxylic acids is 1. The molecular weight excluding hydrogens is 338 g/mol. The molecule has 0 bridgehead atoms. The molecule has 4 heteroatoms. The summed E-state index contributed by atoms with van der Waals surface area (Å²) in [6.45, 7) is 7.33. The quantitative estimate of drug-likeness (QED) is 0.576. The van der Waals surface area contributed by atoms with Crippen molar-refractivity contribution in [1.82, 2.24) is 0 Å². The SMILES string of the molecule is [C-]#[N+]c1ccc(Oc2ccc3c(c2)CCCC3CC(=O)O)c2ccccc12. The average molecular weight is 357 g/mol. The minimum atomic E-state index is -0.750. The largest absolute Gasteiger partial charge is 0.481 e. The second-order valence-electron chi connectivity index (χ2n) is 6.89. The lowest BCUT2D eigenvalue weighted by atomic mass is 9.81. The predicted molar refractivity (Wildman–Crippen MR) is 105 cm³/mol. The van der Waals surface area contributed by atoms with Crippen LogP contribution in [-0.2, 0) is 11.2 Å². The summed E-state index contributed by atoms with van der Waals surface area (Å²) in [7, 11) is 0. The molecule has 0 heterocycles. The van der Waals surface area contributed by atoms with Gasteiger partial charge in [0.05, 0.1) is 13.0 Å². The number of rotatable bonds is 4. The van der Waals surface area contributed by atoms with E-state index in [-0.39, 0.29) is 12.3 Å². The third-order valence-corrected chi connectivity index (χ3v) is 5.18. The number of fused-ring (bicyclic) bond motifs is 2. The lowest BCUT2D eigenvalue weighted by molar-refractivity contribution is -0.137. The Morgan fingerprint density at radius 1 is 1.15 bits per heavy atom. The third kappa shape index (κ3) is 3.37. The molecule has 27 heavy (non-hydrogen) atoms. The van der Waals surface area contributed by atoms with Crippen LogP contribution in [0, 0.1) is 6.57 Å². The van der Waals surface area contributed by atoms with E-state index in [1.165, 1.54) is 5.56 Å². The third-order valence-electron chi connectivity index (χ3n) is 5.18. The Balaban J connectivity index is 1.68. The first kappa shape index (κ1) is 17.1. The van der Waals surface area contributed by atoms with Crippen LogP contribution in [0.25, 0.3) is 15.6 Å². The minimum Gasteiger partial charge on any atom is -0.481 e. The van der Waals surface area contributed by atoms with Gasteiger partial charge in [-0.3, -0.25) is 4.79 Å². The topological polar surface area (TPSA) is 50.9 Å². The van der Waals surface area contributed by atoms with Gasteiger partial charge in [0.25, 0.3) is 0 Å². The standard InChI is InChI=1S/C23H19NO3/c1-24-21-11-12-22(20-8-3-2-7-19(20)21)27-17-9-10-18-15(13-17)5-4-6-16(18)14-23(25)26/h2-3,7-13,16H,4-6,14H2,(H,25,26). The molecule has 0 fully saturated rings. The molecule has 3 aromatic carbocycles. The fourth-order valence-electron chi connectivity index (χ4n) is 3.95. The van der Waals surface area contributed by atoms with Gasteiger partial charge in [0.2, 0.25) is 0 Å². The van der Waals surface area contributed by atoms with Gasteiger partial charge in [0.15, 0.2) is 5.69 Å². The van der Waals surface area contributed by atoms with E-state index in [9.17, 15) is 4.79 Å². The summed E-state index contributed by atoms with van der Waals surface area (Å²) in [4.78, 5) is 14.7. The maximum Gasteiger partial charge on any atom is 0.303 e. The van der Waals surface area contributed by atoms with Crippen LogP contribution in [0.1, 0.15) is 36.3 Å². The van der Waals surface area contributed by atoms with Crippen molar-refractivity contribution >= 4 is 22.4 Å². The second kappa shape index (κ2) is 7.13. The van der Waals surface area contributed by atoms with Crippen molar-refractivity contribution in [3.8, 4) is 11.5 Å². The van der Waals surface area contributed by atoms with E-state index < -0.39 is 5.97 Å². The molecule has 3 aromatic rings. The molecule has 1 aliphatic rings. The highest BCUT2D eigenvalue weighted by Gasteiger charge is 2.23. The van der Waals surface area contributed by atoms with E-state index in [1.807, 2.05) is 48.5 Å². The molecule has 4 rings (SSSR count). The average Bonchev–Trinajstić information content (AvgIpc) is 2.68. The van der Waals surface area contributed by atoms with Gasteiger partial charge in [-0.05, 0) is 59.9 Å². The molecule has 0 saturated heterocycles. The Hall–Kier alpha value is -3.32. The van der Waals surface area contributed by atoms with Crippen molar-refractivity contribution in [2.75, 3.05) is 0 Å². The zero-order valence-corrected chi connectivity index (χ0v) is 14.8. The van der Waals surface area contributed by atoms with E-state index in [0.717, 1.165) is 47.1 Å². The summed E-state index contributed by atoms with van der Waals surface area (Å²) in [5.41, 5.74) is 2.91. The highest BCUT2D eigenvalue weighted by atomic mass is 16.5. The van der Waals surface area contributed by atoms with Gasteiger partial charge in [-0.1, -0.05) is 36.4 Å². The first-order chi connectivity index (χ1) is 13.2. The summed E-state index contributed by atoms with van der Waals surface area (Å²) in [6.07, 6.45) is 3.04. The predicted octanol–water partition coefficient (Wildman–Crippen LogP) is 6.08. The van der Waals surface area contributed by atoms with Gasteiger partial charge in [0, 0.05) is 5.39 Å². The highest BCUT2D eigenvalue weighted by Crippen LogP contribution is 2.39. The van der Waals surface area contributed by atoms with Gasteiger partial charge in [0.1, 0.15) is 11.5 Å². The normalized spacial score (nSPS) is 15.7. The molecule has 0 radical (unpaired) electrons. The van der Waals surface area contributed by atoms with Crippen LogP contribution < -0.4 is 4.74 Å². The molecule has 0 aromatic heterocycles. The Labute approximate surface area is 157 Å². The Kier molecular flexibility index (Phi) is 4.52. The smallest absolute Gasteiger partial charge is 0.303 e. The molecule has 0 spiro atoms. The highest BCUT2D eigenvalue weighted by molar-refractivity contribution is 5.98. The number of ether oxygens (including phenoxy) is 1. The number of carboxylic acid groups (broad SMARTS) is 1. The molecule has 0 amide bonds. The van der Waals surface area contributed by atoms with Crippen molar-refractivity contribution < 1.29 is 14.6 Å². The van der Waals surface area contributed by atoms with Crippen LogP contribution in [0.3, 0.4) is 0 Å². The summed E-state index contributed by atoms with van der Waals surface area (Å²) in [5, 5.41) is 10.9. The van der Waals surface area contributed by atoms with Crippen molar-refractivity contribution in [3.63, 3.8) is 0 Å². The Bertz CT molecular complexity index is 1060. The minimum absolute atomic E-state index is 0.0825. The second-order valence-corrected chi connectivity index (χ2v) is 6.89. The van der Waals surface area contributed by atoms with E-state index in [1.54, 1.807) is 6.07 Å².